The second-order valence-corrected chi connectivity index (χ2v) is 9.66. The molecule has 8 heteroatoms. The maximum absolute atomic E-state index is 12.9. The van der Waals surface area contributed by atoms with Crippen molar-refractivity contribution in [1.82, 2.24) is 10.6 Å². The van der Waals surface area contributed by atoms with Gasteiger partial charge in [-0.05, 0) is 50.6 Å². The minimum atomic E-state index is -3.48. The van der Waals surface area contributed by atoms with Gasteiger partial charge in [-0.15, -0.1) is 0 Å². The number of carbonyl (C=O) groups is 1. The van der Waals surface area contributed by atoms with Gasteiger partial charge in [0.05, 0.1) is 0 Å². The number of nitrogens with zero attached hydrogens (tertiary/aromatic N) is 1. The van der Waals surface area contributed by atoms with Crippen LogP contribution in [0.2, 0.25) is 5.02 Å². The molecule has 0 radical (unpaired) electrons. The van der Waals surface area contributed by atoms with Gasteiger partial charge in [-0.3, -0.25) is 4.79 Å². The third kappa shape index (κ3) is 3.78. The topological polar surface area (TPSA) is 78.5 Å². The van der Waals surface area contributed by atoms with Crippen LogP contribution in [0, 0.1) is 0 Å². The number of hydrogen-bond acceptors (Lipinski definition) is 5. The Morgan fingerprint density at radius 3 is 2.72 bits per heavy atom. The van der Waals surface area contributed by atoms with Crippen LogP contribution < -0.4 is 15.5 Å². The molecule has 2 saturated heterocycles. The summed E-state index contributed by atoms with van der Waals surface area (Å²) in [5.41, 5.74) is 1.02. The lowest BCUT2D eigenvalue weighted by molar-refractivity contribution is -0.124. The number of anilines is 1. The van der Waals surface area contributed by atoms with Gasteiger partial charge in [-0.1, -0.05) is 17.7 Å². The first-order chi connectivity index (χ1) is 11.8. The SMILES string of the molecule is CS(=O)(=O)C1(C(=O)NC2CCN(c3cccc(Cl)c3)C2)CCNCC1. The molecule has 2 aliphatic heterocycles. The maximum Gasteiger partial charge on any atom is 0.241 e. The zero-order chi connectivity index (χ0) is 18.1. The molecule has 2 fully saturated rings. The number of piperidine rings is 1. The van der Waals surface area contributed by atoms with Crippen molar-refractivity contribution in [3.8, 4) is 0 Å². The van der Waals surface area contributed by atoms with E-state index in [1.807, 2.05) is 24.3 Å². The predicted molar refractivity (Wildman–Crippen MR) is 99.9 cm³/mol. The van der Waals surface area contributed by atoms with Gasteiger partial charge in [0.25, 0.3) is 0 Å². The summed E-state index contributed by atoms with van der Waals surface area (Å²) in [7, 11) is -3.48. The number of benzene rings is 1. The van der Waals surface area contributed by atoms with Crippen molar-refractivity contribution in [2.24, 2.45) is 0 Å². The van der Waals surface area contributed by atoms with Crippen LogP contribution in [-0.4, -0.2) is 57.5 Å². The Hall–Kier alpha value is -1.31. The van der Waals surface area contributed by atoms with Gasteiger partial charge in [0, 0.05) is 36.1 Å². The fourth-order valence-electron chi connectivity index (χ4n) is 3.70. The first-order valence-corrected chi connectivity index (χ1v) is 10.8. The van der Waals surface area contributed by atoms with Gasteiger partial charge in [0.1, 0.15) is 0 Å². The summed E-state index contributed by atoms with van der Waals surface area (Å²) < 4.78 is 23.4. The molecule has 0 bridgehead atoms. The number of carbonyl (C=O) groups excluding carboxylic acids is 1. The Labute approximate surface area is 153 Å². The predicted octanol–water partition coefficient (Wildman–Crippen LogP) is 1.20. The van der Waals surface area contributed by atoms with E-state index in [1.165, 1.54) is 6.26 Å². The molecule has 138 valence electrons. The third-order valence-corrected chi connectivity index (χ3v) is 7.48. The van der Waals surface area contributed by atoms with Gasteiger partial charge in [0.15, 0.2) is 14.6 Å². The molecule has 0 spiro atoms. The highest BCUT2D eigenvalue weighted by atomic mass is 35.5. The molecule has 6 nitrogen and oxygen atoms in total. The average Bonchev–Trinajstić information content (AvgIpc) is 3.03. The Morgan fingerprint density at radius 2 is 2.08 bits per heavy atom. The van der Waals surface area contributed by atoms with Gasteiger partial charge < -0.3 is 15.5 Å². The molecule has 1 unspecified atom stereocenters. The van der Waals surface area contributed by atoms with E-state index in [1.54, 1.807) is 0 Å². The van der Waals surface area contributed by atoms with E-state index in [4.69, 9.17) is 11.6 Å². The number of rotatable bonds is 4. The largest absolute Gasteiger partial charge is 0.369 e. The molecule has 1 atom stereocenters. The molecule has 0 aliphatic carbocycles. The van der Waals surface area contributed by atoms with E-state index >= 15 is 0 Å². The summed E-state index contributed by atoms with van der Waals surface area (Å²) >= 11 is 6.04. The maximum atomic E-state index is 12.9. The molecule has 2 heterocycles. The summed E-state index contributed by atoms with van der Waals surface area (Å²) in [6.07, 6.45) is 2.60. The second kappa shape index (κ2) is 7.13. The van der Waals surface area contributed by atoms with Crippen LogP contribution in [0.5, 0.6) is 0 Å². The van der Waals surface area contributed by atoms with Crippen molar-refractivity contribution in [2.75, 3.05) is 37.3 Å². The third-order valence-electron chi connectivity index (χ3n) is 5.23. The average molecular weight is 386 g/mol. The summed E-state index contributed by atoms with van der Waals surface area (Å²) in [6.45, 7) is 2.54. The van der Waals surface area contributed by atoms with Crippen LogP contribution in [-0.2, 0) is 14.6 Å². The molecule has 1 aromatic rings. The lowest BCUT2D eigenvalue weighted by atomic mass is 9.95. The second-order valence-electron chi connectivity index (χ2n) is 6.90. The van der Waals surface area contributed by atoms with Crippen LogP contribution in [0.15, 0.2) is 24.3 Å². The highest BCUT2D eigenvalue weighted by Gasteiger charge is 2.49. The lowest BCUT2D eigenvalue weighted by Crippen LogP contribution is -2.59. The van der Waals surface area contributed by atoms with Crippen molar-refractivity contribution < 1.29 is 13.2 Å². The molecule has 0 saturated carbocycles. The van der Waals surface area contributed by atoms with Crippen molar-refractivity contribution in [3.63, 3.8) is 0 Å². The quantitative estimate of drug-likeness (QED) is 0.814. The number of sulfone groups is 1. The Morgan fingerprint density at radius 1 is 1.36 bits per heavy atom. The van der Waals surface area contributed by atoms with Crippen molar-refractivity contribution >= 4 is 33.0 Å². The Bertz CT molecular complexity index is 747. The van der Waals surface area contributed by atoms with E-state index in [2.05, 4.69) is 15.5 Å². The van der Waals surface area contributed by atoms with E-state index < -0.39 is 14.6 Å². The van der Waals surface area contributed by atoms with Gasteiger partial charge >= 0.3 is 0 Å². The van der Waals surface area contributed by atoms with Crippen molar-refractivity contribution in [3.05, 3.63) is 29.3 Å². The molecule has 0 aromatic heterocycles. The van der Waals surface area contributed by atoms with Crippen molar-refractivity contribution in [2.45, 2.75) is 30.1 Å². The lowest BCUT2D eigenvalue weighted by Gasteiger charge is -2.35. The smallest absolute Gasteiger partial charge is 0.241 e. The molecule has 1 amide bonds. The summed E-state index contributed by atoms with van der Waals surface area (Å²) in [6, 6.07) is 7.56. The Kier molecular flexibility index (Phi) is 5.27. The monoisotopic (exact) mass is 385 g/mol. The molecular formula is C17H24ClN3O3S. The van der Waals surface area contributed by atoms with Crippen LogP contribution >= 0.6 is 11.6 Å². The summed E-state index contributed by atoms with van der Waals surface area (Å²) in [4.78, 5) is 15.0. The standard InChI is InChI=1S/C17H24ClN3O3S/c1-25(23,24)17(6-8-19-9-7-17)16(22)20-14-5-10-21(12-14)15-4-2-3-13(18)11-15/h2-4,11,14,19H,5-10,12H2,1H3,(H,20,22). The summed E-state index contributed by atoms with van der Waals surface area (Å²) in [5, 5.41) is 6.80. The molecule has 2 N–H and O–H groups in total. The fourth-order valence-corrected chi connectivity index (χ4v) is 5.23. The first kappa shape index (κ1) is 18.5. The number of halogens is 1. The Balaban J connectivity index is 1.69. The van der Waals surface area contributed by atoms with E-state index in [-0.39, 0.29) is 11.9 Å². The first-order valence-electron chi connectivity index (χ1n) is 8.54. The van der Waals surface area contributed by atoms with Gasteiger partial charge in [0.2, 0.25) is 5.91 Å². The minimum Gasteiger partial charge on any atom is -0.369 e. The van der Waals surface area contributed by atoms with E-state index in [9.17, 15) is 13.2 Å². The van der Waals surface area contributed by atoms with Crippen LogP contribution in [0.1, 0.15) is 19.3 Å². The molecule has 2 aliphatic rings. The van der Waals surface area contributed by atoms with Crippen LogP contribution in [0.3, 0.4) is 0 Å². The molecule has 1 aromatic carbocycles. The van der Waals surface area contributed by atoms with Crippen molar-refractivity contribution in [1.29, 1.82) is 0 Å². The highest BCUT2D eigenvalue weighted by Crippen LogP contribution is 2.29. The van der Waals surface area contributed by atoms with Crippen LogP contribution in [0.25, 0.3) is 0 Å². The van der Waals surface area contributed by atoms with E-state index in [0.717, 1.165) is 18.7 Å². The zero-order valence-electron chi connectivity index (χ0n) is 14.3. The van der Waals surface area contributed by atoms with Crippen LogP contribution in [0.4, 0.5) is 5.69 Å². The summed E-state index contributed by atoms with van der Waals surface area (Å²) in [5.74, 6) is -0.352. The number of nitrogens with one attached hydrogen (secondary N) is 2. The minimum absolute atomic E-state index is 0.0556. The highest BCUT2D eigenvalue weighted by molar-refractivity contribution is 7.92. The molecule has 3 rings (SSSR count). The number of hydrogen-bond donors (Lipinski definition) is 2. The van der Waals surface area contributed by atoms with E-state index in [0.29, 0.717) is 37.5 Å². The molecular weight excluding hydrogens is 362 g/mol. The molecule has 25 heavy (non-hydrogen) atoms. The number of amides is 1. The normalized spacial score (nSPS) is 23.4. The van der Waals surface area contributed by atoms with Gasteiger partial charge in [-0.25, -0.2) is 8.42 Å². The van der Waals surface area contributed by atoms with Gasteiger partial charge in [-0.2, -0.15) is 0 Å². The zero-order valence-corrected chi connectivity index (χ0v) is 15.9. The fraction of sp³-hybridized carbons (Fsp3) is 0.588.